The highest BCUT2D eigenvalue weighted by Gasteiger charge is 1.94. The van der Waals surface area contributed by atoms with Crippen LogP contribution in [0, 0.1) is 0 Å². The normalized spacial score (nSPS) is 15.3. The lowest BCUT2D eigenvalue weighted by Gasteiger charge is -2.10. The molecule has 15 heavy (non-hydrogen) atoms. The van der Waals surface area contributed by atoms with Gasteiger partial charge in [0.15, 0.2) is 0 Å². The van der Waals surface area contributed by atoms with E-state index in [1.54, 1.807) is 0 Å². The Hall–Kier alpha value is -0.610. The molecule has 0 amide bonds. The van der Waals surface area contributed by atoms with Crippen molar-refractivity contribution in [1.29, 1.82) is 0 Å². The number of unbranched alkanes of at least 4 members (excludes halogenated alkanes) is 3. The van der Waals surface area contributed by atoms with Gasteiger partial charge in [-0.25, -0.2) is 0 Å². The molecule has 0 aliphatic carbocycles. The molecule has 4 nitrogen and oxygen atoms in total. The molecule has 0 atom stereocenters. The molecule has 0 aromatic heterocycles. The van der Waals surface area contributed by atoms with E-state index in [9.17, 15) is 4.79 Å². The number of aliphatic carboxylic acids is 1. The van der Waals surface area contributed by atoms with Gasteiger partial charge >= 0.3 is 5.97 Å². The Morgan fingerprint density at radius 3 is 2.27 bits per heavy atom. The topological polar surface area (TPSA) is 58.6 Å². The molecule has 0 spiro atoms. The van der Waals surface area contributed by atoms with E-state index in [2.05, 4.69) is 12.2 Å². The van der Waals surface area contributed by atoms with E-state index >= 15 is 0 Å². The molecule has 1 aliphatic heterocycles. The van der Waals surface area contributed by atoms with Gasteiger partial charge in [0.25, 0.3) is 0 Å². The molecule has 1 rings (SSSR count). The Morgan fingerprint density at radius 2 is 1.93 bits per heavy atom. The molecule has 1 saturated heterocycles. The van der Waals surface area contributed by atoms with Crippen LogP contribution >= 0.6 is 0 Å². The third-order valence-electron chi connectivity index (χ3n) is 2.09. The zero-order valence-corrected chi connectivity index (χ0v) is 9.63. The molecule has 2 N–H and O–H groups in total. The van der Waals surface area contributed by atoms with E-state index in [1.165, 1.54) is 6.42 Å². The fourth-order valence-electron chi connectivity index (χ4n) is 1.22. The number of ether oxygens (including phenoxy) is 1. The van der Waals surface area contributed by atoms with Gasteiger partial charge in [-0.2, -0.15) is 0 Å². The van der Waals surface area contributed by atoms with E-state index in [0.717, 1.165) is 45.6 Å². The van der Waals surface area contributed by atoms with Crippen LogP contribution in [0.2, 0.25) is 0 Å². The lowest BCUT2D eigenvalue weighted by Crippen LogP contribution is -2.30. The number of carboxylic acid groups (broad SMARTS) is 1. The number of nitrogens with one attached hydrogen (secondary N) is 1. The predicted octanol–water partition coefficient (Wildman–Crippen LogP) is 1.65. The van der Waals surface area contributed by atoms with Crippen molar-refractivity contribution >= 4 is 5.97 Å². The van der Waals surface area contributed by atoms with Crippen LogP contribution < -0.4 is 5.32 Å². The Kier molecular flexibility index (Phi) is 11.0. The summed E-state index contributed by atoms with van der Waals surface area (Å²) in [7, 11) is 0. The monoisotopic (exact) mass is 217 g/mol. The van der Waals surface area contributed by atoms with Gasteiger partial charge in [0.1, 0.15) is 0 Å². The summed E-state index contributed by atoms with van der Waals surface area (Å²) in [6.07, 6.45) is 4.55. The zero-order valence-electron chi connectivity index (χ0n) is 9.63. The van der Waals surface area contributed by atoms with Gasteiger partial charge in [-0.3, -0.25) is 4.79 Å². The highest BCUT2D eigenvalue weighted by atomic mass is 16.5. The van der Waals surface area contributed by atoms with Crippen LogP contribution in [0.1, 0.15) is 39.0 Å². The number of hydrogen-bond donors (Lipinski definition) is 2. The van der Waals surface area contributed by atoms with Crippen molar-refractivity contribution < 1.29 is 14.6 Å². The maximum absolute atomic E-state index is 9.96. The van der Waals surface area contributed by atoms with E-state index in [4.69, 9.17) is 9.84 Å². The van der Waals surface area contributed by atoms with E-state index < -0.39 is 5.97 Å². The molecule has 0 aromatic carbocycles. The van der Waals surface area contributed by atoms with Gasteiger partial charge in [-0.15, -0.1) is 0 Å². The highest BCUT2D eigenvalue weighted by Crippen LogP contribution is 2.01. The average Bonchev–Trinajstić information content (AvgIpc) is 2.28. The first-order valence-electron chi connectivity index (χ1n) is 5.77. The molecule has 1 fully saturated rings. The second kappa shape index (κ2) is 11.5. The summed E-state index contributed by atoms with van der Waals surface area (Å²) < 4.78 is 5.01. The summed E-state index contributed by atoms with van der Waals surface area (Å²) in [4.78, 5) is 9.96. The van der Waals surface area contributed by atoms with Gasteiger partial charge in [-0.1, -0.05) is 26.2 Å². The van der Waals surface area contributed by atoms with Gasteiger partial charge in [0, 0.05) is 19.5 Å². The molecule has 90 valence electrons. The minimum Gasteiger partial charge on any atom is -0.481 e. The number of hydrogen-bond acceptors (Lipinski definition) is 3. The van der Waals surface area contributed by atoms with Crippen LogP contribution in [0.4, 0.5) is 0 Å². The molecule has 4 heteroatoms. The summed E-state index contributed by atoms with van der Waals surface area (Å²) in [6, 6.07) is 0. The van der Waals surface area contributed by atoms with E-state index in [1.807, 2.05) is 0 Å². The van der Waals surface area contributed by atoms with Crippen molar-refractivity contribution in [3.63, 3.8) is 0 Å². The second-order valence-electron chi connectivity index (χ2n) is 3.57. The number of carboxylic acids is 1. The molecular weight excluding hydrogens is 194 g/mol. The van der Waals surface area contributed by atoms with Crippen LogP contribution in [0.15, 0.2) is 0 Å². The maximum Gasteiger partial charge on any atom is 0.303 e. The summed E-state index contributed by atoms with van der Waals surface area (Å²) >= 11 is 0. The van der Waals surface area contributed by atoms with Gasteiger partial charge in [0.05, 0.1) is 13.2 Å². The number of morpholine rings is 1. The molecule has 0 saturated carbocycles. The van der Waals surface area contributed by atoms with Gasteiger partial charge in [0.2, 0.25) is 0 Å². The van der Waals surface area contributed by atoms with E-state index in [-0.39, 0.29) is 0 Å². The maximum atomic E-state index is 9.96. The Bertz CT molecular complexity index is 135. The molecular formula is C11H23NO3. The standard InChI is InChI=1S/C7H14O2.C4H9NO/c1-2-3-4-5-6-7(8)9;1-3-6-4-2-5-1/h2-6H2,1H3,(H,8,9);5H,1-4H2. The molecule has 0 unspecified atom stereocenters. The third kappa shape index (κ3) is 13.4. The minimum atomic E-state index is -0.675. The minimum absolute atomic E-state index is 0.333. The highest BCUT2D eigenvalue weighted by molar-refractivity contribution is 5.66. The van der Waals surface area contributed by atoms with Crippen LogP contribution in [0.5, 0.6) is 0 Å². The predicted molar refractivity (Wildman–Crippen MR) is 60.1 cm³/mol. The van der Waals surface area contributed by atoms with Crippen LogP contribution in [-0.4, -0.2) is 37.4 Å². The number of carbonyl (C=O) groups is 1. The molecule has 0 bridgehead atoms. The van der Waals surface area contributed by atoms with Gasteiger partial charge in [-0.05, 0) is 6.42 Å². The Morgan fingerprint density at radius 1 is 1.27 bits per heavy atom. The Labute approximate surface area is 92.0 Å². The third-order valence-corrected chi connectivity index (χ3v) is 2.09. The summed E-state index contributed by atoms with van der Waals surface area (Å²) in [5.74, 6) is -0.675. The van der Waals surface area contributed by atoms with Crippen molar-refractivity contribution in [2.24, 2.45) is 0 Å². The number of rotatable bonds is 5. The lowest BCUT2D eigenvalue weighted by atomic mass is 10.2. The lowest BCUT2D eigenvalue weighted by molar-refractivity contribution is -0.137. The zero-order chi connectivity index (χ0) is 11.4. The van der Waals surface area contributed by atoms with Crippen molar-refractivity contribution in [3.8, 4) is 0 Å². The molecule has 1 aliphatic rings. The average molecular weight is 217 g/mol. The van der Waals surface area contributed by atoms with E-state index in [0.29, 0.717) is 6.42 Å². The summed E-state index contributed by atoms with van der Waals surface area (Å²) in [6.45, 7) is 5.95. The first-order valence-corrected chi connectivity index (χ1v) is 5.77. The first kappa shape index (κ1) is 14.4. The fourth-order valence-corrected chi connectivity index (χ4v) is 1.22. The van der Waals surface area contributed by atoms with Crippen molar-refractivity contribution in [2.45, 2.75) is 39.0 Å². The van der Waals surface area contributed by atoms with Crippen LogP contribution in [-0.2, 0) is 9.53 Å². The summed E-state index contributed by atoms with van der Waals surface area (Å²) in [5, 5.41) is 11.4. The molecule has 0 radical (unpaired) electrons. The molecule has 0 aromatic rings. The van der Waals surface area contributed by atoms with Crippen molar-refractivity contribution in [3.05, 3.63) is 0 Å². The SMILES string of the molecule is C1COCCN1.CCCCCCC(=O)O. The summed E-state index contributed by atoms with van der Waals surface area (Å²) in [5.41, 5.74) is 0. The van der Waals surface area contributed by atoms with Crippen molar-refractivity contribution in [1.82, 2.24) is 5.32 Å². The van der Waals surface area contributed by atoms with Crippen molar-refractivity contribution in [2.75, 3.05) is 26.3 Å². The fraction of sp³-hybridized carbons (Fsp3) is 0.909. The van der Waals surface area contributed by atoms with Gasteiger partial charge < -0.3 is 15.2 Å². The van der Waals surface area contributed by atoms with Crippen LogP contribution in [0.25, 0.3) is 0 Å². The second-order valence-corrected chi connectivity index (χ2v) is 3.57. The first-order chi connectivity index (χ1) is 7.27. The molecule has 1 heterocycles. The largest absolute Gasteiger partial charge is 0.481 e. The quantitative estimate of drug-likeness (QED) is 0.687. The van der Waals surface area contributed by atoms with Crippen LogP contribution in [0.3, 0.4) is 0 Å². The Balaban J connectivity index is 0.000000280. The smallest absolute Gasteiger partial charge is 0.303 e.